The maximum atomic E-state index is 13.1. The van der Waals surface area contributed by atoms with Crippen molar-refractivity contribution < 1.29 is 4.39 Å². The van der Waals surface area contributed by atoms with Gasteiger partial charge in [0.2, 0.25) is 5.96 Å². The molecule has 0 saturated heterocycles. The number of guanidine groups is 1. The fourth-order valence-corrected chi connectivity index (χ4v) is 1.21. The zero-order valence-corrected chi connectivity index (χ0v) is 9.23. The van der Waals surface area contributed by atoms with Crippen LogP contribution in [0.25, 0.3) is 0 Å². The molecule has 76 valence electrons. The van der Waals surface area contributed by atoms with Crippen molar-refractivity contribution in [1.29, 1.82) is 0 Å². The normalized spacial score (nSPS) is 11.6. The van der Waals surface area contributed by atoms with Gasteiger partial charge in [0, 0.05) is 6.07 Å². The van der Waals surface area contributed by atoms with Crippen molar-refractivity contribution in [3.63, 3.8) is 0 Å². The predicted molar refractivity (Wildman–Crippen MR) is 57.7 cm³/mol. The van der Waals surface area contributed by atoms with E-state index >= 15 is 0 Å². The van der Waals surface area contributed by atoms with Gasteiger partial charge in [-0.05, 0) is 22.0 Å². The van der Waals surface area contributed by atoms with Crippen molar-refractivity contribution in [1.82, 2.24) is 5.43 Å². The maximum absolute atomic E-state index is 13.1. The van der Waals surface area contributed by atoms with E-state index in [-0.39, 0.29) is 21.1 Å². The molecule has 5 N–H and O–H groups in total. The summed E-state index contributed by atoms with van der Waals surface area (Å²) in [6, 6.07) is 2.64. The lowest BCUT2D eigenvalue weighted by molar-refractivity contribution is 0.621. The minimum atomic E-state index is -0.513. The number of nitrogens with zero attached hydrogens (tertiary/aromatic N) is 1. The van der Waals surface area contributed by atoms with E-state index in [1.165, 1.54) is 12.1 Å². The van der Waals surface area contributed by atoms with Crippen LogP contribution in [0, 0.1) is 5.82 Å². The highest BCUT2D eigenvalue weighted by Gasteiger charge is 2.06. The summed E-state index contributed by atoms with van der Waals surface area (Å²) in [5.74, 6) is 4.45. The Morgan fingerprint density at radius 3 is 2.71 bits per heavy atom. The molecule has 0 amide bonds. The Morgan fingerprint density at radius 2 is 2.21 bits per heavy atom. The third kappa shape index (κ3) is 2.57. The lowest BCUT2D eigenvalue weighted by atomic mass is 10.3. The summed E-state index contributed by atoms with van der Waals surface area (Å²) in [5.41, 5.74) is 7.68. The molecule has 0 bridgehead atoms. The minimum Gasteiger partial charge on any atom is -0.369 e. The molecule has 0 heterocycles. The molecule has 1 aromatic rings. The van der Waals surface area contributed by atoms with Crippen LogP contribution in [-0.2, 0) is 0 Å². The number of benzene rings is 1. The zero-order valence-electron chi connectivity index (χ0n) is 6.89. The van der Waals surface area contributed by atoms with Gasteiger partial charge in [-0.15, -0.1) is 0 Å². The molecule has 4 nitrogen and oxygen atoms in total. The molecule has 1 aromatic carbocycles. The highest BCUT2D eigenvalue weighted by Crippen LogP contribution is 2.30. The first-order chi connectivity index (χ1) is 6.54. The van der Waals surface area contributed by atoms with Gasteiger partial charge in [0.05, 0.1) is 15.2 Å². The third-order valence-electron chi connectivity index (χ3n) is 1.37. The van der Waals surface area contributed by atoms with Crippen molar-refractivity contribution in [3.8, 4) is 0 Å². The van der Waals surface area contributed by atoms with Crippen LogP contribution in [0.5, 0.6) is 0 Å². The van der Waals surface area contributed by atoms with Crippen molar-refractivity contribution in [2.45, 2.75) is 0 Å². The number of nitrogens with one attached hydrogen (secondary N) is 1. The monoisotopic (exact) mass is 280 g/mol. The van der Waals surface area contributed by atoms with Crippen LogP contribution in [0.4, 0.5) is 10.1 Å². The zero-order chi connectivity index (χ0) is 10.7. The second-order valence-electron chi connectivity index (χ2n) is 2.36. The van der Waals surface area contributed by atoms with E-state index < -0.39 is 5.82 Å². The van der Waals surface area contributed by atoms with Crippen molar-refractivity contribution in [2.75, 3.05) is 0 Å². The smallest absolute Gasteiger partial charge is 0.208 e. The largest absolute Gasteiger partial charge is 0.369 e. The number of hydrogen-bond donors (Lipinski definition) is 3. The van der Waals surface area contributed by atoms with Crippen LogP contribution in [0.15, 0.2) is 21.6 Å². The molecule has 0 fully saturated rings. The standard InChI is InChI=1S/C7H7BrClFN4/c8-6-4(9)1-3(2-5(6)10)13-7(11)14-12/h1-2H,12H2,(H3,11,13,14). The van der Waals surface area contributed by atoms with Gasteiger partial charge in [-0.25, -0.2) is 15.2 Å². The molecule has 0 aromatic heterocycles. The Morgan fingerprint density at radius 1 is 1.57 bits per heavy atom. The van der Waals surface area contributed by atoms with Gasteiger partial charge in [-0.2, -0.15) is 0 Å². The van der Waals surface area contributed by atoms with Gasteiger partial charge in [0.25, 0.3) is 0 Å². The highest BCUT2D eigenvalue weighted by molar-refractivity contribution is 9.10. The Hall–Kier alpha value is -0.850. The molecular formula is C7H7BrClFN4. The molecule has 0 spiro atoms. The Labute approximate surface area is 93.2 Å². The molecule has 7 heteroatoms. The minimum absolute atomic E-state index is 0.0252. The van der Waals surface area contributed by atoms with Gasteiger partial charge in [0.1, 0.15) is 5.82 Å². The van der Waals surface area contributed by atoms with Crippen LogP contribution < -0.4 is 17.0 Å². The molecule has 0 radical (unpaired) electrons. The molecule has 1 rings (SSSR count). The summed E-state index contributed by atoms with van der Waals surface area (Å²) in [4.78, 5) is 3.75. The number of hydrogen-bond acceptors (Lipinski definition) is 2. The van der Waals surface area contributed by atoms with Gasteiger partial charge < -0.3 is 5.73 Å². The summed E-state index contributed by atoms with van der Waals surface area (Å²) < 4.78 is 13.3. The number of nitrogens with two attached hydrogens (primary N) is 2. The van der Waals surface area contributed by atoms with E-state index in [2.05, 4.69) is 26.3 Å². The summed E-state index contributed by atoms with van der Waals surface area (Å²) >= 11 is 8.67. The van der Waals surface area contributed by atoms with Gasteiger partial charge >= 0.3 is 0 Å². The average molecular weight is 282 g/mol. The van der Waals surface area contributed by atoms with E-state index in [9.17, 15) is 4.39 Å². The van der Waals surface area contributed by atoms with Crippen LogP contribution in [0.2, 0.25) is 5.02 Å². The second kappa shape index (κ2) is 4.59. The number of halogens is 3. The van der Waals surface area contributed by atoms with Gasteiger partial charge in [-0.1, -0.05) is 11.6 Å². The van der Waals surface area contributed by atoms with E-state index in [0.717, 1.165) is 0 Å². The Bertz CT molecular complexity index is 359. The van der Waals surface area contributed by atoms with Crippen LogP contribution in [0.1, 0.15) is 0 Å². The maximum Gasteiger partial charge on any atom is 0.208 e. The summed E-state index contributed by atoms with van der Waals surface area (Å²) in [6.45, 7) is 0. The van der Waals surface area contributed by atoms with E-state index in [4.69, 9.17) is 23.2 Å². The third-order valence-corrected chi connectivity index (χ3v) is 2.70. The van der Waals surface area contributed by atoms with Crippen molar-refractivity contribution in [3.05, 3.63) is 27.4 Å². The van der Waals surface area contributed by atoms with Crippen LogP contribution in [0.3, 0.4) is 0 Å². The first kappa shape index (κ1) is 11.2. The number of rotatable bonds is 1. The summed E-state index contributed by atoms with van der Waals surface area (Å²) in [5, 5.41) is 0.216. The fraction of sp³-hybridized carbons (Fsp3) is 0. The Balaban J connectivity index is 3.13. The number of hydrazine groups is 1. The molecule has 0 saturated carbocycles. The molecule has 0 atom stereocenters. The molecule has 14 heavy (non-hydrogen) atoms. The quantitative estimate of drug-likeness (QED) is 0.241. The topological polar surface area (TPSA) is 76.4 Å². The van der Waals surface area contributed by atoms with E-state index in [0.29, 0.717) is 0 Å². The molecular weight excluding hydrogens is 274 g/mol. The van der Waals surface area contributed by atoms with Crippen LogP contribution in [-0.4, -0.2) is 5.96 Å². The predicted octanol–water partition coefficient (Wildman–Crippen LogP) is 1.65. The van der Waals surface area contributed by atoms with Crippen LogP contribution >= 0.6 is 27.5 Å². The van der Waals surface area contributed by atoms with E-state index in [1.807, 2.05) is 0 Å². The average Bonchev–Trinajstić information content (AvgIpc) is 2.14. The van der Waals surface area contributed by atoms with Gasteiger partial charge in [-0.3, -0.25) is 5.43 Å². The van der Waals surface area contributed by atoms with E-state index in [1.54, 1.807) is 0 Å². The molecule has 0 aliphatic carbocycles. The molecule has 0 aliphatic rings. The van der Waals surface area contributed by atoms with Crippen molar-refractivity contribution in [2.24, 2.45) is 16.6 Å². The molecule has 0 unspecified atom stereocenters. The SMILES string of the molecule is NNC(N)=Nc1cc(F)c(Br)c(Cl)c1. The summed E-state index contributed by atoms with van der Waals surface area (Å²) in [7, 11) is 0. The Kier molecular flexibility index (Phi) is 3.68. The number of aliphatic imine (C=N–C) groups is 1. The fourth-order valence-electron chi connectivity index (χ4n) is 0.778. The van der Waals surface area contributed by atoms with Crippen molar-refractivity contribution >= 4 is 39.2 Å². The molecule has 0 aliphatic heterocycles. The van der Waals surface area contributed by atoms with Gasteiger partial charge in [0.15, 0.2) is 0 Å². The first-order valence-corrected chi connectivity index (χ1v) is 4.67. The second-order valence-corrected chi connectivity index (χ2v) is 3.56. The summed E-state index contributed by atoms with van der Waals surface area (Å²) in [6.07, 6.45) is 0. The lowest BCUT2D eigenvalue weighted by Crippen LogP contribution is -2.36. The first-order valence-electron chi connectivity index (χ1n) is 3.50. The lowest BCUT2D eigenvalue weighted by Gasteiger charge is -2.01. The highest BCUT2D eigenvalue weighted by atomic mass is 79.9.